The largest absolute Gasteiger partial charge is 0.380 e. The van der Waals surface area contributed by atoms with Crippen molar-refractivity contribution < 1.29 is 4.74 Å². The van der Waals surface area contributed by atoms with Gasteiger partial charge in [0.05, 0.1) is 6.61 Å². The van der Waals surface area contributed by atoms with Gasteiger partial charge in [-0.1, -0.05) is 6.92 Å². The van der Waals surface area contributed by atoms with Crippen molar-refractivity contribution in [3.63, 3.8) is 0 Å². The Hall–Kier alpha value is -0.120. The zero-order valence-electron chi connectivity index (χ0n) is 10.3. The van der Waals surface area contributed by atoms with Crippen molar-refractivity contribution in [2.45, 2.75) is 39.2 Å². The zero-order chi connectivity index (χ0) is 10.9. The molecule has 1 aliphatic rings. The Balaban J connectivity index is 2.11. The van der Waals surface area contributed by atoms with E-state index < -0.39 is 0 Å². The van der Waals surface area contributed by atoms with Gasteiger partial charge < -0.3 is 10.1 Å². The first-order chi connectivity index (χ1) is 7.38. The van der Waals surface area contributed by atoms with Crippen molar-refractivity contribution >= 4 is 0 Å². The highest BCUT2D eigenvalue weighted by molar-refractivity contribution is 4.80. The van der Waals surface area contributed by atoms with Crippen LogP contribution in [-0.4, -0.2) is 50.3 Å². The maximum atomic E-state index is 5.41. The highest BCUT2D eigenvalue weighted by atomic mass is 16.5. The van der Waals surface area contributed by atoms with Gasteiger partial charge in [0.15, 0.2) is 0 Å². The first-order valence-electron chi connectivity index (χ1n) is 6.41. The lowest BCUT2D eigenvalue weighted by molar-refractivity contribution is 0.108. The maximum absolute atomic E-state index is 5.41. The monoisotopic (exact) mass is 214 g/mol. The predicted molar refractivity (Wildman–Crippen MR) is 64.2 cm³/mol. The molecule has 0 saturated carbocycles. The van der Waals surface area contributed by atoms with Crippen LogP contribution in [0.3, 0.4) is 0 Å². The molecular weight excluding hydrogens is 188 g/mol. The summed E-state index contributed by atoms with van der Waals surface area (Å²) in [6.07, 6.45) is 3.93. The van der Waals surface area contributed by atoms with Crippen LogP contribution in [0.1, 0.15) is 33.1 Å². The molecule has 0 aromatic rings. The number of hydrogen-bond donors (Lipinski definition) is 1. The van der Waals surface area contributed by atoms with Crippen LogP contribution in [0.25, 0.3) is 0 Å². The van der Waals surface area contributed by atoms with E-state index in [-0.39, 0.29) is 0 Å². The first-order valence-corrected chi connectivity index (χ1v) is 6.41. The third kappa shape index (κ3) is 4.96. The van der Waals surface area contributed by atoms with E-state index in [0.717, 1.165) is 38.9 Å². The first kappa shape index (κ1) is 12.9. The lowest BCUT2D eigenvalue weighted by Gasteiger charge is -2.24. The zero-order valence-corrected chi connectivity index (χ0v) is 10.3. The van der Waals surface area contributed by atoms with Crippen LogP contribution in [0, 0.1) is 0 Å². The molecule has 0 aromatic heterocycles. The summed E-state index contributed by atoms with van der Waals surface area (Å²) in [5, 5.41) is 3.51. The average molecular weight is 214 g/mol. The number of ether oxygens (including phenoxy) is 1. The smallest absolute Gasteiger partial charge is 0.0593 e. The second-order valence-corrected chi connectivity index (χ2v) is 4.23. The number of likely N-dealkylation sites (tertiary alicyclic amines) is 1. The Labute approximate surface area is 94.2 Å². The molecular formula is C12H26N2O. The van der Waals surface area contributed by atoms with E-state index in [1.54, 1.807) is 0 Å². The minimum atomic E-state index is 0.747. The van der Waals surface area contributed by atoms with E-state index in [4.69, 9.17) is 4.74 Å². The second kappa shape index (κ2) is 8.08. The van der Waals surface area contributed by atoms with Crippen molar-refractivity contribution in [2.24, 2.45) is 0 Å². The van der Waals surface area contributed by atoms with Crippen molar-refractivity contribution in [3.8, 4) is 0 Å². The lowest BCUT2D eigenvalue weighted by atomic mass is 10.2. The molecule has 90 valence electrons. The van der Waals surface area contributed by atoms with Crippen LogP contribution < -0.4 is 5.32 Å². The Morgan fingerprint density at radius 3 is 3.00 bits per heavy atom. The highest BCUT2D eigenvalue weighted by Gasteiger charge is 2.23. The van der Waals surface area contributed by atoms with Gasteiger partial charge >= 0.3 is 0 Å². The van der Waals surface area contributed by atoms with E-state index in [0.29, 0.717) is 0 Å². The summed E-state index contributed by atoms with van der Waals surface area (Å²) in [7, 11) is 0. The van der Waals surface area contributed by atoms with Gasteiger partial charge in [0.1, 0.15) is 0 Å². The molecule has 3 heteroatoms. The summed E-state index contributed by atoms with van der Waals surface area (Å²) in [6, 6.07) is 0.747. The summed E-state index contributed by atoms with van der Waals surface area (Å²) in [5.41, 5.74) is 0. The molecule has 0 amide bonds. The molecule has 1 rings (SSSR count). The normalized spacial score (nSPS) is 22.4. The second-order valence-electron chi connectivity index (χ2n) is 4.23. The van der Waals surface area contributed by atoms with Crippen LogP contribution >= 0.6 is 0 Å². The molecule has 1 atom stereocenters. The van der Waals surface area contributed by atoms with E-state index in [2.05, 4.69) is 24.1 Å². The molecule has 0 radical (unpaired) electrons. The molecule has 1 heterocycles. The predicted octanol–water partition coefficient (Wildman–Crippen LogP) is 1.49. The summed E-state index contributed by atoms with van der Waals surface area (Å²) in [6.45, 7) is 10.7. The molecule has 0 aromatic carbocycles. The van der Waals surface area contributed by atoms with E-state index in [9.17, 15) is 0 Å². The van der Waals surface area contributed by atoms with Gasteiger partial charge in [-0.05, 0) is 39.3 Å². The van der Waals surface area contributed by atoms with Gasteiger partial charge in [0, 0.05) is 25.7 Å². The third-order valence-corrected chi connectivity index (χ3v) is 3.03. The summed E-state index contributed by atoms with van der Waals surface area (Å²) < 4.78 is 5.41. The van der Waals surface area contributed by atoms with Crippen LogP contribution in [-0.2, 0) is 4.74 Å². The van der Waals surface area contributed by atoms with Crippen molar-refractivity contribution in [2.75, 3.05) is 39.4 Å². The molecule has 3 nitrogen and oxygen atoms in total. The molecule has 0 spiro atoms. The fourth-order valence-corrected chi connectivity index (χ4v) is 2.19. The average Bonchev–Trinajstić information content (AvgIpc) is 2.67. The van der Waals surface area contributed by atoms with Gasteiger partial charge in [-0.15, -0.1) is 0 Å². The van der Waals surface area contributed by atoms with Crippen LogP contribution in [0.15, 0.2) is 0 Å². The van der Waals surface area contributed by atoms with E-state index >= 15 is 0 Å². The van der Waals surface area contributed by atoms with Crippen molar-refractivity contribution in [1.82, 2.24) is 10.2 Å². The fourth-order valence-electron chi connectivity index (χ4n) is 2.19. The SMILES string of the molecule is CCCNCC1CCCN1CCOCC. The van der Waals surface area contributed by atoms with Crippen LogP contribution in [0.5, 0.6) is 0 Å². The lowest BCUT2D eigenvalue weighted by Crippen LogP contribution is -2.39. The Bertz CT molecular complexity index is 137. The van der Waals surface area contributed by atoms with E-state index in [1.165, 1.54) is 25.8 Å². The van der Waals surface area contributed by atoms with Gasteiger partial charge in [-0.2, -0.15) is 0 Å². The highest BCUT2D eigenvalue weighted by Crippen LogP contribution is 2.15. The Morgan fingerprint density at radius 1 is 1.40 bits per heavy atom. The molecule has 1 saturated heterocycles. The molecule has 0 aliphatic carbocycles. The van der Waals surface area contributed by atoms with Gasteiger partial charge in [-0.3, -0.25) is 4.90 Å². The van der Waals surface area contributed by atoms with Crippen LogP contribution in [0.2, 0.25) is 0 Å². The Morgan fingerprint density at radius 2 is 2.27 bits per heavy atom. The number of nitrogens with zero attached hydrogens (tertiary/aromatic N) is 1. The topological polar surface area (TPSA) is 24.5 Å². The minimum absolute atomic E-state index is 0.747. The summed E-state index contributed by atoms with van der Waals surface area (Å²) in [4.78, 5) is 2.57. The molecule has 1 unspecified atom stereocenters. The minimum Gasteiger partial charge on any atom is -0.380 e. The fraction of sp³-hybridized carbons (Fsp3) is 1.00. The summed E-state index contributed by atoms with van der Waals surface area (Å²) in [5.74, 6) is 0. The number of nitrogens with one attached hydrogen (secondary N) is 1. The molecule has 1 N–H and O–H groups in total. The van der Waals surface area contributed by atoms with Crippen molar-refractivity contribution in [1.29, 1.82) is 0 Å². The summed E-state index contributed by atoms with van der Waals surface area (Å²) >= 11 is 0. The maximum Gasteiger partial charge on any atom is 0.0593 e. The Kier molecular flexibility index (Phi) is 6.98. The molecule has 1 fully saturated rings. The number of rotatable bonds is 8. The van der Waals surface area contributed by atoms with Gasteiger partial charge in [-0.25, -0.2) is 0 Å². The van der Waals surface area contributed by atoms with Crippen molar-refractivity contribution in [3.05, 3.63) is 0 Å². The third-order valence-electron chi connectivity index (χ3n) is 3.03. The van der Waals surface area contributed by atoms with Gasteiger partial charge in [0.25, 0.3) is 0 Å². The quantitative estimate of drug-likeness (QED) is 0.620. The number of hydrogen-bond acceptors (Lipinski definition) is 3. The molecule has 15 heavy (non-hydrogen) atoms. The van der Waals surface area contributed by atoms with E-state index in [1.807, 2.05) is 0 Å². The van der Waals surface area contributed by atoms with Crippen LogP contribution in [0.4, 0.5) is 0 Å². The standard InChI is InChI=1S/C12H26N2O/c1-3-7-13-11-12-6-5-8-14(12)9-10-15-4-2/h12-13H,3-11H2,1-2H3. The van der Waals surface area contributed by atoms with Gasteiger partial charge in [0.2, 0.25) is 0 Å². The molecule has 0 bridgehead atoms. The molecule has 1 aliphatic heterocycles.